The Labute approximate surface area is 105 Å². The molecule has 98 valence electrons. The summed E-state index contributed by atoms with van der Waals surface area (Å²) >= 11 is 0. The molecule has 3 fully saturated rings. The molecular formula is C14H26N2O. The number of ether oxygens (including phenoxy) is 1. The Bertz CT molecular complexity index is 267. The van der Waals surface area contributed by atoms with Gasteiger partial charge in [-0.1, -0.05) is 0 Å². The molecule has 0 aromatic rings. The summed E-state index contributed by atoms with van der Waals surface area (Å²) in [5, 5.41) is 3.75. The van der Waals surface area contributed by atoms with E-state index in [1.807, 2.05) is 0 Å². The lowest BCUT2D eigenvalue weighted by molar-refractivity contribution is 0.0434. The number of rotatable bonds is 3. The van der Waals surface area contributed by atoms with Crippen LogP contribution in [0.4, 0.5) is 0 Å². The molecule has 1 N–H and O–H groups in total. The Balaban J connectivity index is 1.60. The minimum atomic E-state index is 0.313. The largest absolute Gasteiger partial charge is 0.381 e. The summed E-state index contributed by atoms with van der Waals surface area (Å²) in [5.74, 6) is 1.74. The van der Waals surface area contributed by atoms with Crippen LogP contribution in [0.5, 0.6) is 0 Å². The van der Waals surface area contributed by atoms with E-state index in [9.17, 15) is 0 Å². The Morgan fingerprint density at radius 1 is 1.29 bits per heavy atom. The minimum absolute atomic E-state index is 0.313. The van der Waals surface area contributed by atoms with Crippen LogP contribution < -0.4 is 5.32 Å². The van der Waals surface area contributed by atoms with Crippen molar-refractivity contribution in [3.8, 4) is 0 Å². The van der Waals surface area contributed by atoms with Crippen molar-refractivity contribution in [3.05, 3.63) is 0 Å². The summed E-state index contributed by atoms with van der Waals surface area (Å²) in [6.07, 6.45) is 4.14. The minimum Gasteiger partial charge on any atom is -0.381 e. The molecule has 3 nitrogen and oxygen atoms in total. The summed E-state index contributed by atoms with van der Waals surface area (Å²) in [5.41, 5.74) is 0.313. The van der Waals surface area contributed by atoms with Gasteiger partial charge in [-0.25, -0.2) is 0 Å². The second kappa shape index (κ2) is 4.52. The number of piperazine rings is 1. The van der Waals surface area contributed by atoms with E-state index in [1.165, 1.54) is 32.4 Å². The fourth-order valence-electron chi connectivity index (χ4n) is 3.22. The van der Waals surface area contributed by atoms with E-state index in [2.05, 4.69) is 24.1 Å². The number of nitrogens with zero attached hydrogens (tertiary/aromatic N) is 1. The third-order valence-corrected chi connectivity index (χ3v) is 4.76. The molecular weight excluding hydrogens is 212 g/mol. The zero-order chi connectivity index (χ0) is 11.9. The Hall–Kier alpha value is -0.120. The van der Waals surface area contributed by atoms with Crippen LogP contribution in [0, 0.1) is 11.8 Å². The van der Waals surface area contributed by atoms with Crippen molar-refractivity contribution < 1.29 is 4.74 Å². The van der Waals surface area contributed by atoms with E-state index < -0.39 is 0 Å². The number of hydrogen-bond donors (Lipinski definition) is 1. The van der Waals surface area contributed by atoms with E-state index >= 15 is 0 Å². The number of hydrogen-bond acceptors (Lipinski definition) is 3. The molecule has 3 rings (SSSR count). The molecule has 0 aromatic heterocycles. The Morgan fingerprint density at radius 2 is 2.12 bits per heavy atom. The molecule has 2 saturated heterocycles. The fourth-order valence-corrected chi connectivity index (χ4v) is 3.22. The van der Waals surface area contributed by atoms with Crippen molar-refractivity contribution in [1.29, 1.82) is 0 Å². The van der Waals surface area contributed by atoms with Crippen LogP contribution in [0.1, 0.15) is 33.1 Å². The smallest absolute Gasteiger partial charge is 0.0507 e. The second-order valence-corrected chi connectivity index (χ2v) is 6.77. The molecule has 1 saturated carbocycles. The van der Waals surface area contributed by atoms with Gasteiger partial charge in [-0.3, -0.25) is 4.90 Å². The van der Waals surface area contributed by atoms with Gasteiger partial charge in [0.05, 0.1) is 6.61 Å². The van der Waals surface area contributed by atoms with Gasteiger partial charge in [0.15, 0.2) is 0 Å². The molecule has 1 aliphatic carbocycles. The normalized spacial score (nSPS) is 38.5. The molecule has 2 unspecified atom stereocenters. The lowest BCUT2D eigenvalue weighted by atomic mass is 9.93. The van der Waals surface area contributed by atoms with Crippen LogP contribution in [0.15, 0.2) is 0 Å². The van der Waals surface area contributed by atoms with Gasteiger partial charge < -0.3 is 10.1 Å². The van der Waals surface area contributed by atoms with Crippen LogP contribution in [0.3, 0.4) is 0 Å². The van der Waals surface area contributed by atoms with Gasteiger partial charge in [-0.05, 0) is 44.9 Å². The van der Waals surface area contributed by atoms with Gasteiger partial charge in [-0.2, -0.15) is 0 Å². The quantitative estimate of drug-likeness (QED) is 0.806. The fraction of sp³-hybridized carbons (Fsp3) is 1.00. The van der Waals surface area contributed by atoms with Gasteiger partial charge in [0, 0.05) is 37.8 Å². The molecule has 0 bridgehead atoms. The first-order valence-electron chi connectivity index (χ1n) is 7.21. The highest BCUT2D eigenvalue weighted by Crippen LogP contribution is 2.36. The molecule has 0 radical (unpaired) electrons. The highest BCUT2D eigenvalue weighted by Gasteiger charge is 2.41. The van der Waals surface area contributed by atoms with E-state index in [0.717, 1.165) is 37.6 Å². The first kappa shape index (κ1) is 11.9. The van der Waals surface area contributed by atoms with E-state index in [-0.39, 0.29) is 0 Å². The molecule has 3 heteroatoms. The highest BCUT2D eigenvalue weighted by atomic mass is 16.5. The summed E-state index contributed by atoms with van der Waals surface area (Å²) < 4.78 is 5.51. The van der Waals surface area contributed by atoms with Crippen molar-refractivity contribution in [3.63, 3.8) is 0 Å². The molecule has 2 heterocycles. The average Bonchev–Trinajstić information content (AvgIpc) is 3.00. The summed E-state index contributed by atoms with van der Waals surface area (Å²) in [7, 11) is 0. The molecule has 2 aliphatic heterocycles. The van der Waals surface area contributed by atoms with Crippen molar-refractivity contribution in [2.75, 3.05) is 32.8 Å². The van der Waals surface area contributed by atoms with Gasteiger partial charge in [0.25, 0.3) is 0 Å². The monoisotopic (exact) mass is 238 g/mol. The SMILES string of the molecule is CC1(C)CNC(C2CC2)CN1CC1CCOC1. The third-order valence-electron chi connectivity index (χ3n) is 4.76. The Morgan fingerprint density at radius 3 is 2.76 bits per heavy atom. The maximum atomic E-state index is 5.51. The summed E-state index contributed by atoms with van der Waals surface area (Å²) in [6.45, 7) is 10.3. The molecule has 3 aliphatic rings. The molecule has 0 amide bonds. The molecule has 2 atom stereocenters. The van der Waals surface area contributed by atoms with Crippen molar-refractivity contribution in [2.45, 2.75) is 44.7 Å². The van der Waals surface area contributed by atoms with E-state index in [0.29, 0.717) is 5.54 Å². The predicted octanol–water partition coefficient (Wildman–Crippen LogP) is 1.49. The lowest BCUT2D eigenvalue weighted by Gasteiger charge is -2.47. The highest BCUT2D eigenvalue weighted by molar-refractivity contribution is 4.98. The maximum Gasteiger partial charge on any atom is 0.0507 e. The van der Waals surface area contributed by atoms with Gasteiger partial charge >= 0.3 is 0 Å². The van der Waals surface area contributed by atoms with Crippen LogP contribution in [-0.4, -0.2) is 49.3 Å². The summed E-state index contributed by atoms with van der Waals surface area (Å²) in [6, 6.07) is 0.755. The van der Waals surface area contributed by atoms with E-state index in [1.54, 1.807) is 0 Å². The lowest BCUT2D eigenvalue weighted by Crippen LogP contribution is -2.63. The van der Waals surface area contributed by atoms with Crippen molar-refractivity contribution >= 4 is 0 Å². The molecule has 0 spiro atoms. The van der Waals surface area contributed by atoms with Crippen LogP contribution in [0.2, 0.25) is 0 Å². The predicted molar refractivity (Wildman–Crippen MR) is 69.1 cm³/mol. The number of nitrogens with one attached hydrogen (secondary N) is 1. The standard InChI is InChI=1S/C14H26N2O/c1-14(2)10-15-13(12-3-4-12)8-16(14)7-11-5-6-17-9-11/h11-13,15H,3-10H2,1-2H3. The van der Waals surface area contributed by atoms with Crippen molar-refractivity contribution in [2.24, 2.45) is 11.8 Å². The topological polar surface area (TPSA) is 24.5 Å². The zero-order valence-corrected chi connectivity index (χ0v) is 11.2. The zero-order valence-electron chi connectivity index (χ0n) is 11.2. The van der Waals surface area contributed by atoms with Crippen molar-refractivity contribution in [1.82, 2.24) is 10.2 Å². The summed E-state index contributed by atoms with van der Waals surface area (Å²) in [4.78, 5) is 2.71. The van der Waals surface area contributed by atoms with Crippen LogP contribution in [0.25, 0.3) is 0 Å². The van der Waals surface area contributed by atoms with Crippen LogP contribution >= 0.6 is 0 Å². The van der Waals surface area contributed by atoms with Gasteiger partial charge in [0.1, 0.15) is 0 Å². The second-order valence-electron chi connectivity index (χ2n) is 6.77. The first-order chi connectivity index (χ1) is 8.15. The molecule has 17 heavy (non-hydrogen) atoms. The average molecular weight is 238 g/mol. The van der Waals surface area contributed by atoms with Gasteiger partial charge in [0.2, 0.25) is 0 Å². The maximum absolute atomic E-state index is 5.51. The van der Waals surface area contributed by atoms with E-state index in [4.69, 9.17) is 4.74 Å². The van der Waals surface area contributed by atoms with Crippen LogP contribution in [-0.2, 0) is 4.74 Å². The first-order valence-corrected chi connectivity index (χ1v) is 7.21. The van der Waals surface area contributed by atoms with Gasteiger partial charge in [-0.15, -0.1) is 0 Å². The molecule has 0 aromatic carbocycles. The Kier molecular flexibility index (Phi) is 3.18. The third kappa shape index (κ3) is 2.67.